The normalized spacial score (nSPS) is 24.3. The smallest absolute Gasteiger partial charge is 0.263 e. The number of carbonyl (C=O) groups excluding carboxylic acids is 1. The fourth-order valence-electron chi connectivity index (χ4n) is 3.33. The lowest BCUT2D eigenvalue weighted by molar-refractivity contribution is -0.136. The molecule has 1 fully saturated rings. The highest BCUT2D eigenvalue weighted by Gasteiger charge is 2.38. The predicted octanol–water partition coefficient (Wildman–Crippen LogP) is 1.81. The van der Waals surface area contributed by atoms with Crippen molar-refractivity contribution in [1.82, 2.24) is 9.21 Å². The molecule has 0 radical (unpaired) electrons. The van der Waals surface area contributed by atoms with Crippen LogP contribution in [-0.4, -0.2) is 56.8 Å². The van der Waals surface area contributed by atoms with E-state index in [1.54, 1.807) is 36.6 Å². The van der Waals surface area contributed by atoms with Gasteiger partial charge in [-0.15, -0.1) is 0 Å². The fraction of sp³-hybridized carbons (Fsp3) is 0.588. The van der Waals surface area contributed by atoms with E-state index in [9.17, 15) is 13.2 Å². The van der Waals surface area contributed by atoms with Crippen molar-refractivity contribution in [3.8, 4) is 5.75 Å². The summed E-state index contributed by atoms with van der Waals surface area (Å²) in [6.07, 6.45) is 2.30. The molecule has 24 heavy (non-hydrogen) atoms. The predicted molar refractivity (Wildman–Crippen MR) is 90.6 cm³/mol. The van der Waals surface area contributed by atoms with Crippen molar-refractivity contribution >= 4 is 15.9 Å². The first-order chi connectivity index (χ1) is 11.3. The van der Waals surface area contributed by atoms with Gasteiger partial charge in [-0.05, 0) is 31.0 Å². The third-order valence-corrected chi connectivity index (χ3v) is 6.71. The van der Waals surface area contributed by atoms with Crippen LogP contribution in [0, 0.1) is 0 Å². The summed E-state index contributed by atoms with van der Waals surface area (Å²) in [7, 11) is -0.102. The Morgan fingerprint density at radius 2 is 1.88 bits per heavy atom. The molecule has 1 aromatic rings. The zero-order valence-corrected chi connectivity index (χ0v) is 15.2. The first-order valence-electron chi connectivity index (χ1n) is 8.34. The Bertz CT molecular complexity index is 739. The number of sulfonamides is 1. The van der Waals surface area contributed by atoms with E-state index in [0.717, 1.165) is 24.8 Å². The Hall–Kier alpha value is -1.60. The van der Waals surface area contributed by atoms with Gasteiger partial charge in [-0.3, -0.25) is 4.79 Å². The quantitative estimate of drug-likeness (QED) is 0.832. The van der Waals surface area contributed by atoms with Gasteiger partial charge in [0, 0.05) is 38.7 Å². The topological polar surface area (TPSA) is 66.9 Å². The SMILES string of the molecule is CC1c2cc(S(=O)(=O)N3CCCCC3)ccc2OC1C(=O)N(C)C. The molecule has 6 nitrogen and oxygen atoms in total. The monoisotopic (exact) mass is 352 g/mol. The summed E-state index contributed by atoms with van der Waals surface area (Å²) in [5, 5.41) is 0. The van der Waals surface area contributed by atoms with Gasteiger partial charge in [0.15, 0.2) is 6.10 Å². The number of amides is 1. The molecule has 3 rings (SSSR count). The molecule has 0 N–H and O–H groups in total. The average molecular weight is 352 g/mol. The Balaban J connectivity index is 1.90. The minimum absolute atomic E-state index is 0.112. The molecule has 2 aliphatic heterocycles. The largest absolute Gasteiger partial charge is 0.480 e. The van der Waals surface area contributed by atoms with Gasteiger partial charge in [-0.1, -0.05) is 13.3 Å². The van der Waals surface area contributed by atoms with Crippen LogP contribution in [0.3, 0.4) is 0 Å². The maximum Gasteiger partial charge on any atom is 0.263 e. The molecular weight excluding hydrogens is 328 g/mol. The van der Waals surface area contributed by atoms with Gasteiger partial charge >= 0.3 is 0 Å². The molecule has 2 aliphatic rings. The van der Waals surface area contributed by atoms with Crippen molar-refractivity contribution in [2.24, 2.45) is 0 Å². The molecular formula is C17H24N2O4S. The molecule has 0 aromatic heterocycles. The second kappa shape index (κ2) is 6.37. The van der Waals surface area contributed by atoms with E-state index in [2.05, 4.69) is 0 Å². The first-order valence-corrected chi connectivity index (χ1v) is 9.78. The van der Waals surface area contributed by atoms with Gasteiger partial charge in [-0.2, -0.15) is 4.31 Å². The van der Waals surface area contributed by atoms with Gasteiger partial charge in [-0.25, -0.2) is 8.42 Å². The van der Waals surface area contributed by atoms with Crippen LogP contribution in [0.2, 0.25) is 0 Å². The molecule has 2 unspecified atom stereocenters. The van der Waals surface area contributed by atoms with E-state index < -0.39 is 16.1 Å². The molecule has 0 aliphatic carbocycles. The van der Waals surface area contributed by atoms with Gasteiger partial charge in [0.05, 0.1) is 4.90 Å². The molecule has 132 valence electrons. The van der Waals surface area contributed by atoms with E-state index in [4.69, 9.17) is 4.74 Å². The maximum atomic E-state index is 12.8. The van der Waals surface area contributed by atoms with E-state index in [1.807, 2.05) is 6.92 Å². The van der Waals surface area contributed by atoms with E-state index in [1.165, 1.54) is 4.90 Å². The van der Waals surface area contributed by atoms with E-state index >= 15 is 0 Å². The highest BCUT2D eigenvalue weighted by molar-refractivity contribution is 7.89. The van der Waals surface area contributed by atoms with Crippen LogP contribution in [0.1, 0.15) is 37.7 Å². The standard InChI is InChI=1S/C17H24N2O4S/c1-12-14-11-13(24(21,22)19-9-5-4-6-10-19)7-8-15(14)23-16(12)17(20)18(2)3/h7-8,11-12,16H,4-6,9-10H2,1-3H3. The Kier molecular flexibility index (Phi) is 4.57. The van der Waals surface area contributed by atoms with Crippen molar-refractivity contribution in [3.05, 3.63) is 23.8 Å². The molecule has 1 amide bonds. The van der Waals surface area contributed by atoms with Crippen LogP contribution in [0.25, 0.3) is 0 Å². The maximum absolute atomic E-state index is 12.8. The van der Waals surface area contributed by atoms with Gasteiger partial charge in [0.25, 0.3) is 5.91 Å². The van der Waals surface area contributed by atoms with Crippen molar-refractivity contribution in [3.63, 3.8) is 0 Å². The lowest BCUT2D eigenvalue weighted by Crippen LogP contribution is -2.38. The molecule has 2 atom stereocenters. The number of ether oxygens (including phenoxy) is 1. The lowest BCUT2D eigenvalue weighted by atomic mass is 9.97. The summed E-state index contributed by atoms with van der Waals surface area (Å²) < 4.78 is 33.0. The highest BCUT2D eigenvalue weighted by Crippen LogP contribution is 2.40. The molecule has 2 heterocycles. The molecule has 1 saturated heterocycles. The van der Waals surface area contributed by atoms with Gasteiger partial charge in [0.2, 0.25) is 10.0 Å². The van der Waals surface area contributed by atoms with E-state index in [0.29, 0.717) is 18.8 Å². The number of carbonyl (C=O) groups is 1. The Morgan fingerprint density at radius 3 is 2.50 bits per heavy atom. The zero-order valence-electron chi connectivity index (χ0n) is 14.4. The van der Waals surface area contributed by atoms with Crippen LogP contribution in [0.5, 0.6) is 5.75 Å². The van der Waals surface area contributed by atoms with Crippen LogP contribution < -0.4 is 4.74 Å². The Labute approximate surface area is 143 Å². The second-order valence-corrected chi connectivity index (χ2v) is 8.66. The van der Waals surface area contributed by atoms with Crippen molar-refractivity contribution in [2.75, 3.05) is 27.2 Å². The third kappa shape index (κ3) is 2.91. The number of nitrogens with zero attached hydrogens (tertiary/aromatic N) is 2. The zero-order chi connectivity index (χ0) is 17.5. The minimum atomic E-state index is -3.48. The number of piperidine rings is 1. The lowest BCUT2D eigenvalue weighted by Gasteiger charge is -2.26. The van der Waals surface area contributed by atoms with Gasteiger partial charge < -0.3 is 9.64 Å². The number of likely N-dealkylation sites (N-methyl/N-ethyl adjacent to an activating group) is 1. The van der Waals surface area contributed by atoms with Crippen LogP contribution in [0.15, 0.2) is 23.1 Å². The summed E-state index contributed by atoms with van der Waals surface area (Å²) in [6, 6.07) is 4.93. The number of benzene rings is 1. The van der Waals surface area contributed by atoms with Crippen LogP contribution in [-0.2, 0) is 14.8 Å². The molecule has 0 spiro atoms. The third-order valence-electron chi connectivity index (χ3n) is 4.82. The van der Waals surface area contributed by atoms with Crippen LogP contribution in [0.4, 0.5) is 0 Å². The average Bonchev–Trinajstić information content (AvgIpc) is 2.91. The summed E-state index contributed by atoms with van der Waals surface area (Å²) in [5.74, 6) is 0.311. The molecule has 0 bridgehead atoms. The summed E-state index contributed by atoms with van der Waals surface area (Å²) >= 11 is 0. The molecule has 7 heteroatoms. The molecule has 0 saturated carbocycles. The van der Waals surface area contributed by atoms with Crippen LogP contribution >= 0.6 is 0 Å². The van der Waals surface area contributed by atoms with E-state index in [-0.39, 0.29) is 16.7 Å². The highest BCUT2D eigenvalue weighted by atomic mass is 32.2. The van der Waals surface area contributed by atoms with Gasteiger partial charge in [0.1, 0.15) is 5.75 Å². The molecule has 1 aromatic carbocycles. The van der Waals surface area contributed by atoms with Crippen molar-refractivity contribution in [1.29, 1.82) is 0 Å². The Morgan fingerprint density at radius 1 is 1.21 bits per heavy atom. The first kappa shape index (κ1) is 17.2. The number of hydrogen-bond acceptors (Lipinski definition) is 4. The summed E-state index contributed by atoms with van der Waals surface area (Å²) in [4.78, 5) is 14.0. The fourth-order valence-corrected chi connectivity index (χ4v) is 4.88. The number of rotatable bonds is 3. The summed E-state index contributed by atoms with van der Waals surface area (Å²) in [5.41, 5.74) is 0.785. The van der Waals surface area contributed by atoms with Crippen molar-refractivity contribution in [2.45, 2.75) is 43.1 Å². The summed E-state index contributed by atoms with van der Waals surface area (Å²) in [6.45, 7) is 3.05. The minimum Gasteiger partial charge on any atom is -0.480 e. The second-order valence-electron chi connectivity index (χ2n) is 6.72. The number of hydrogen-bond donors (Lipinski definition) is 0. The number of fused-ring (bicyclic) bond motifs is 1. The van der Waals surface area contributed by atoms with Crippen molar-refractivity contribution < 1.29 is 17.9 Å².